The number of thioether (sulfide) groups is 1. The molecule has 7 N–H and O–H groups in total. The van der Waals surface area contributed by atoms with Crippen LogP contribution in [0.15, 0.2) is 48.5 Å². The van der Waals surface area contributed by atoms with Gasteiger partial charge in [-0.1, -0.05) is 55.7 Å². The van der Waals surface area contributed by atoms with E-state index in [1.165, 1.54) is 0 Å². The molecule has 28 heteroatoms. The lowest BCUT2D eigenvalue weighted by Gasteiger charge is -2.50. The van der Waals surface area contributed by atoms with Crippen molar-refractivity contribution in [3.63, 3.8) is 0 Å². The molecule has 7 heterocycles. The quantitative estimate of drug-likeness (QED) is 0.0178. The number of para-hydroxylation sites is 2. The minimum atomic E-state index is -1.09. The molecule has 2 bridgehead atoms. The van der Waals surface area contributed by atoms with Crippen LogP contribution in [0.1, 0.15) is 125 Å². The molecule has 100 heavy (non-hydrogen) atoms. The van der Waals surface area contributed by atoms with Crippen molar-refractivity contribution in [1.29, 1.82) is 0 Å². The highest BCUT2D eigenvalue weighted by Gasteiger charge is 2.55. The molecule has 2 aromatic heterocycles. The van der Waals surface area contributed by atoms with Crippen LogP contribution in [0.2, 0.25) is 0 Å². The fourth-order valence-corrected chi connectivity index (χ4v) is 15.9. The first-order valence-corrected chi connectivity index (χ1v) is 37.1. The van der Waals surface area contributed by atoms with E-state index >= 15 is 0 Å². The molecule has 10 rings (SSSR count). The van der Waals surface area contributed by atoms with Gasteiger partial charge in [0.25, 0.3) is 5.91 Å². The Labute approximate surface area is 589 Å². The van der Waals surface area contributed by atoms with E-state index in [9.17, 15) is 33.6 Å². The van der Waals surface area contributed by atoms with Gasteiger partial charge in [-0.2, -0.15) is 11.8 Å². The van der Waals surface area contributed by atoms with Crippen molar-refractivity contribution in [2.75, 3.05) is 152 Å². The fourth-order valence-electron chi connectivity index (χ4n) is 14.4. The zero-order valence-electron chi connectivity index (χ0n) is 58.4. The fraction of sp³-hybridized carbons (Fsp3) is 0.653. The second kappa shape index (κ2) is 39.1. The molecule has 3 aromatic carbocycles. The van der Waals surface area contributed by atoms with Crippen molar-refractivity contribution in [3.8, 4) is 0 Å². The average Bonchev–Trinajstić information content (AvgIpc) is 1.50. The van der Waals surface area contributed by atoms with Crippen molar-refractivity contribution in [3.05, 3.63) is 59.7 Å². The molecule has 0 aliphatic carbocycles. The van der Waals surface area contributed by atoms with Gasteiger partial charge < -0.3 is 98.6 Å². The first-order valence-electron chi connectivity index (χ1n) is 36.0. The summed E-state index contributed by atoms with van der Waals surface area (Å²) in [7, 11) is 3.44. The van der Waals surface area contributed by atoms with E-state index in [0.29, 0.717) is 175 Å². The Hall–Kier alpha value is -6.70. The molecule has 5 aliphatic heterocycles. The molecule has 3 saturated heterocycles. The third-order valence-electron chi connectivity index (χ3n) is 19.3. The van der Waals surface area contributed by atoms with Crippen LogP contribution in [0.25, 0.3) is 43.6 Å². The molecule has 5 aliphatic rings. The zero-order valence-corrected chi connectivity index (χ0v) is 59.3. The monoisotopic (exact) mass is 1410 g/mol. The summed E-state index contributed by atoms with van der Waals surface area (Å²) < 4.78 is 62.8. The highest BCUT2D eigenvalue weighted by molar-refractivity contribution is 8.00. The number of benzene rings is 3. The van der Waals surface area contributed by atoms with Crippen molar-refractivity contribution in [1.82, 2.24) is 51.3 Å². The summed E-state index contributed by atoms with van der Waals surface area (Å²) in [5, 5.41) is 25.1. The summed E-state index contributed by atoms with van der Waals surface area (Å²) in [6.07, 6.45) is 8.43. The Morgan fingerprint density at radius 3 is 1.62 bits per heavy atom. The van der Waals surface area contributed by atoms with Crippen molar-refractivity contribution < 1.29 is 80.9 Å². The normalized spacial score (nSPS) is 20.4. The lowest BCUT2D eigenvalue weighted by Crippen LogP contribution is -2.61. The molecule has 27 nitrogen and oxygen atoms in total. The van der Waals surface area contributed by atoms with Gasteiger partial charge in [-0.05, 0) is 63.1 Å². The number of amides is 8. The van der Waals surface area contributed by atoms with E-state index in [4.69, 9.17) is 47.4 Å². The van der Waals surface area contributed by atoms with E-state index in [1.807, 2.05) is 43.0 Å². The summed E-state index contributed by atoms with van der Waals surface area (Å²) in [4.78, 5) is 90.7. The predicted octanol–water partition coefficient (Wildman–Crippen LogP) is 5.82. The van der Waals surface area contributed by atoms with Crippen LogP contribution in [-0.4, -0.2) is 237 Å². The Morgan fingerprint density at radius 2 is 1.07 bits per heavy atom. The number of nitrogens with one attached hydrogen (secondary N) is 7. The number of aromatic nitrogens is 2. The second-order valence-electron chi connectivity index (χ2n) is 26.1. The number of carbonyl (C=O) groups is 7. The molecule has 3 unspecified atom stereocenters. The van der Waals surface area contributed by atoms with Gasteiger partial charge in [-0.15, -0.1) is 0 Å². The topological polar surface area (TPSA) is 309 Å². The molecule has 0 radical (unpaired) electrons. The van der Waals surface area contributed by atoms with Gasteiger partial charge in [0.1, 0.15) is 12.3 Å². The Bertz CT molecular complexity index is 3540. The summed E-state index contributed by atoms with van der Waals surface area (Å²) in [6.45, 7) is 10.9. The number of hydrogen-bond acceptors (Lipinski definition) is 18. The second-order valence-corrected chi connectivity index (χ2v) is 27.4. The van der Waals surface area contributed by atoms with Gasteiger partial charge in [-0.3, -0.25) is 28.8 Å². The number of methoxy groups -OCH3 is 1. The first kappa shape index (κ1) is 76.0. The Morgan fingerprint density at radius 1 is 0.580 bits per heavy atom. The Kier molecular flexibility index (Phi) is 29.7. The number of ether oxygens (including phenoxy) is 10. The first-order chi connectivity index (χ1) is 48.9. The third kappa shape index (κ3) is 19.9. The summed E-state index contributed by atoms with van der Waals surface area (Å²) in [5.41, 5.74) is 4.36. The van der Waals surface area contributed by atoms with E-state index in [0.717, 1.165) is 113 Å². The van der Waals surface area contributed by atoms with Crippen LogP contribution in [0.4, 0.5) is 4.79 Å². The van der Waals surface area contributed by atoms with Gasteiger partial charge in [0.15, 0.2) is 5.72 Å². The van der Waals surface area contributed by atoms with Gasteiger partial charge in [0, 0.05) is 118 Å². The number of rotatable bonds is 49. The lowest BCUT2D eigenvalue weighted by atomic mass is 9.91. The predicted molar refractivity (Wildman–Crippen MR) is 378 cm³/mol. The highest BCUT2D eigenvalue weighted by atomic mass is 32.2. The number of hydrogen-bond donors (Lipinski definition) is 7. The summed E-state index contributed by atoms with van der Waals surface area (Å²) in [6, 6.07) is 16.3. The standard InChI is InChI=1S/C72H104N10O17S/c1-72-69(90-3)55(46-62(99-72)81-53-18-10-8-16-49(53)64-65-51(47-77-70(65)88)63-50-17-9-11-19-54(50)82(72)68(63)67(64)81)80(2)61(87)25-24-60(86)76-29-31-92-33-35-94-37-39-96-41-43-98-45-44-97-42-40-95-38-36-93-34-32-91-30-28-75-59(85)22-7-5-15-26-73-57(83)21-6-4-14-27-74-58(84)23-13-12-20-56-66-52(48-100-56)78-71(89)79-66/h8-11,16-19,52,55-56,62,66,69H,4-7,12-15,20-48H2,1-3H3,(H,73,83)(H,74,84)(H,75,85)(H,76,86)(H,77,88)(H2,78,79,89)/t52?,55-,56+,62?,66?,69-,72+/m1/s1. The number of likely N-dealkylation sites (N-methyl/N-ethyl adjacent to an activating group) is 1. The number of unbranched alkanes of at least 4 members (excludes halogenated alkanes) is 5. The van der Waals surface area contributed by atoms with Gasteiger partial charge in [-0.25, -0.2) is 4.79 Å². The average molecular weight is 1410 g/mol. The summed E-state index contributed by atoms with van der Waals surface area (Å²) in [5.74, 6) is 0.510. The molecule has 3 fully saturated rings. The molecule has 5 aromatic rings. The van der Waals surface area contributed by atoms with Crippen LogP contribution < -0.4 is 37.2 Å². The molecular weight excluding hydrogens is 1310 g/mol. The maximum Gasteiger partial charge on any atom is 0.315 e. The molecule has 0 spiro atoms. The van der Waals surface area contributed by atoms with E-state index < -0.39 is 24.1 Å². The van der Waals surface area contributed by atoms with Gasteiger partial charge >= 0.3 is 6.03 Å². The van der Waals surface area contributed by atoms with Crippen molar-refractivity contribution in [2.45, 2.75) is 151 Å². The van der Waals surface area contributed by atoms with E-state index in [-0.39, 0.29) is 66.4 Å². The summed E-state index contributed by atoms with van der Waals surface area (Å²) >= 11 is 1.90. The number of fused-ring (bicyclic) bond motifs is 14. The van der Waals surface area contributed by atoms with Crippen LogP contribution in [0, 0.1) is 0 Å². The highest BCUT2D eigenvalue weighted by Crippen LogP contribution is 2.54. The van der Waals surface area contributed by atoms with Crippen LogP contribution in [-0.2, 0) is 83.6 Å². The van der Waals surface area contributed by atoms with Crippen molar-refractivity contribution >= 4 is 96.8 Å². The molecule has 7 atom stereocenters. The van der Waals surface area contributed by atoms with Crippen LogP contribution in [0.5, 0.6) is 0 Å². The lowest BCUT2D eigenvalue weighted by molar-refractivity contribution is -0.266. The molecule has 550 valence electrons. The molecule has 8 amide bonds. The third-order valence-corrected chi connectivity index (χ3v) is 20.8. The SMILES string of the molecule is CO[C@@H]1[C@H](N(C)C(=O)CCC(=O)NCCOCCOCCOCCOCCOCCOCCOCCOCCNC(=O)CCCCCNC(=O)CCCCCNC(=O)CCCC[C@@H]2SCC3NC(=O)NC32)CC2O[C@]1(C)n1c3ccccc3c3c4c(c5c6ccccc6n2c5c31)C(=O)NC4. The van der Waals surface area contributed by atoms with E-state index in [2.05, 4.69) is 70.6 Å². The number of urea groups is 1. The van der Waals surface area contributed by atoms with Crippen molar-refractivity contribution in [2.24, 2.45) is 0 Å². The van der Waals surface area contributed by atoms with Gasteiger partial charge in [0.2, 0.25) is 29.5 Å². The largest absolute Gasteiger partial charge is 0.377 e. The number of carbonyl (C=O) groups excluding carboxylic acids is 7. The van der Waals surface area contributed by atoms with Gasteiger partial charge in [0.05, 0.1) is 151 Å². The minimum Gasteiger partial charge on any atom is -0.377 e. The van der Waals surface area contributed by atoms with Crippen LogP contribution >= 0.6 is 11.8 Å². The molecule has 0 saturated carbocycles. The van der Waals surface area contributed by atoms with E-state index in [1.54, 1.807) is 19.1 Å². The minimum absolute atomic E-state index is 0.00606. The molecular formula is C72H104N10O17S. The number of nitrogens with zero attached hydrogens (tertiary/aromatic N) is 3. The van der Waals surface area contributed by atoms with Crippen LogP contribution in [0.3, 0.4) is 0 Å². The zero-order chi connectivity index (χ0) is 70.1. The Balaban J connectivity index is 0.456. The smallest absolute Gasteiger partial charge is 0.315 e. The maximum absolute atomic E-state index is 14.1. The maximum atomic E-state index is 14.1.